The van der Waals surface area contributed by atoms with E-state index >= 15 is 0 Å². The molecule has 0 unspecified atom stereocenters. The summed E-state index contributed by atoms with van der Waals surface area (Å²) in [5.74, 6) is 0. The number of nitrogens with zero attached hydrogens (tertiary/aromatic N) is 1. The first-order valence-electron chi connectivity index (χ1n) is 5.51. The van der Waals surface area contributed by atoms with Gasteiger partial charge in [0.05, 0.1) is 11.3 Å². The summed E-state index contributed by atoms with van der Waals surface area (Å²) in [4.78, 5) is 22.5. The molecule has 0 aliphatic carbocycles. The molecule has 1 heterocycles. The fourth-order valence-electron chi connectivity index (χ4n) is 2.00. The van der Waals surface area contributed by atoms with Gasteiger partial charge in [-0.25, -0.2) is 0 Å². The first-order chi connectivity index (χ1) is 8.68. The topological polar surface area (TPSA) is 65.1 Å². The molecule has 4 nitrogen and oxygen atoms in total. The van der Waals surface area contributed by atoms with E-state index in [4.69, 9.17) is 5.73 Å². The van der Waals surface area contributed by atoms with Gasteiger partial charge in [0.25, 0.3) is 0 Å². The molecular formula is C14H10N2O2. The van der Waals surface area contributed by atoms with Gasteiger partial charge in [-0.15, -0.1) is 0 Å². The Labute approximate surface area is 103 Å². The molecule has 0 amide bonds. The Morgan fingerprint density at radius 2 is 1.50 bits per heavy atom. The van der Waals surface area contributed by atoms with Crippen molar-refractivity contribution in [1.29, 1.82) is 0 Å². The van der Waals surface area contributed by atoms with Gasteiger partial charge in [0.1, 0.15) is 0 Å². The lowest BCUT2D eigenvalue weighted by Gasteiger charge is -2.08. The number of hydrogen-bond acceptors (Lipinski definition) is 3. The molecule has 4 heteroatoms. The fraction of sp³-hybridized carbons (Fsp3) is 0. The smallest absolute Gasteiger partial charge is 0.249 e. The highest BCUT2D eigenvalue weighted by Gasteiger charge is 2.19. The maximum Gasteiger partial charge on any atom is 0.249 e. The molecule has 3 aromatic rings. The van der Waals surface area contributed by atoms with Crippen molar-refractivity contribution in [3.05, 3.63) is 69.2 Å². The molecular weight excluding hydrogens is 228 g/mol. The van der Waals surface area contributed by atoms with E-state index in [1.165, 1.54) is 0 Å². The predicted molar refractivity (Wildman–Crippen MR) is 70.5 cm³/mol. The van der Waals surface area contributed by atoms with Crippen molar-refractivity contribution in [3.8, 4) is 16.8 Å². The van der Waals surface area contributed by atoms with Crippen LogP contribution in [-0.4, -0.2) is 4.57 Å². The van der Waals surface area contributed by atoms with Crippen molar-refractivity contribution in [2.75, 3.05) is 5.73 Å². The van der Waals surface area contributed by atoms with Crippen LogP contribution < -0.4 is 16.6 Å². The number of nitrogens with two attached hydrogens (primary N) is 1. The molecule has 0 saturated heterocycles. The molecule has 3 rings (SSSR count). The first-order valence-corrected chi connectivity index (χ1v) is 5.51. The van der Waals surface area contributed by atoms with Crippen LogP contribution in [0.2, 0.25) is 0 Å². The highest BCUT2D eigenvalue weighted by molar-refractivity contribution is 5.80. The van der Waals surface area contributed by atoms with Crippen LogP contribution in [0.3, 0.4) is 0 Å². The van der Waals surface area contributed by atoms with Gasteiger partial charge in [0.15, 0.2) is 0 Å². The SMILES string of the molecule is Nc1c(-c2ccc(-n3cccc3)cc2)c(=O)c1=O. The third-order valence-electron chi connectivity index (χ3n) is 3.01. The lowest BCUT2D eigenvalue weighted by atomic mass is 9.99. The Morgan fingerprint density at radius 1 is 0.889 bits per heavy atom. The van der Waals surface area contributed by atoms with E-state index < -0.39 is 10.9 Å². The zero-order valence-corrected chi connectivity index (χ0v) is 9.46. The normalized spacial score (nSPS) is 10.9. The zero-order chi connectivity index (χ0) is 12.7. The second kappa shape index (κ2) is 3.70. The largest absolute Gasteiger partial charge is 0.395 e. The van der Waals surface area contributed by atoms with Crippen LogP contribution in [0, 0.1) is 0 Å². The summed E-state index contributed by atoms with van der Waals surface area (Å²) in [5, 5.41) is 0. The Hall–Kier alpha value is -2.62. The van der Waals surface area contributed by atoms with Gasteiger partial charge in [-0.05, 0) is 29.8 Å². The molecule has 0 atom stereocenters. The van der Waals surface area contributed by atoms with E-state index in [0.29, 0.717) is 11.1 Å². The van der Waals surface area contributed by atoms with E-state index in [0.717, 1.165) is 5.69 Å². The molecule has 0 aliphatic rings. The van der Waals surface area contributed by atoms with Crippen LogP contribution in [0.15, 0.2) is 58.4 Å². The van der Waals surface area contributed by atoms with Gasteiger partial charge in [0.2, 0.25) is 10.9 Å². The zero-order valence-electron chi connectivity index (χ0n) is 9.46. The standard InChI is InChI=1S/C14H10N2O2/c15-12-11(13(17)14(12)18)9-3-5-10(6-4-9)16-7-1-2-8-16/h1-8H,15H2. The Balaban J connectivity index is 2.03. The number of benzene rings is 1. The molecule has 0 saturated carbocycles. The Bertz CT molecular complexity index is 761. The van der Waals surface area contributed by atoms with Crippen molar-refractivity contribution in [2.45, 2.75) is 0 Å². The quantitative estimate of drug-likeness (QED) is 0.685. The van der Waals surface area contributed by atoms with E-state index in [-0.39, 0.29) is 5.69 Å². The molecule has 2 aromatic carbocycles. The molecule has 0 aliphatic heterocycles. The number of rotatable bonds is 2. The highest BCUT2D eigenvalue weighted by atomic mass is 16.2. The van der Waals surface area contributed by atoms with E-state index in [2.05, 4.69) is 0 Å². The van der Waals surface area contributed by atoms with Crippen LogP contribution in [0.5, 0.6) is 0 Å². The number of hydrogen-bond donors (Lipinski definition) is 1. The summed E-state index contributed by atoms with van der Waals surface area (Å²) in [7, 11) is 0. The van der Waals surface area contributed by atoms with Gasteiger partial charge >= 0.3 is 0 Å². The van der Waals surface area contributed by atoms with Crippen molar-refractivity contribution in [1.82, 2.24) is 4.57 Å². The summed E-state index contributed by atoms with van der Waals surface area (Å²) in [5.41, 5.74) is 6.51. The minimum Gasteiger partial charge on any atom is -0.395 e. The lowest BCUT2D eigenvalue weighted by Crippen LogP contribution is -2.35. The monoisotopic (exact) mass is 238 g/mol. The highest BCUT2D eigenvalue weighted by Crippen LogP contribution is 2.22. The third-order valence-corrected chi connectivity index (χ3v) is 3.01. The second-order valence-corrected chi connectivity index (χ2v) is 4.08. The third kappa shape index (κ3) is 1.39. The summed E-state index contributed by atoms with van der Waals surface area (Å²) in [6.07, 6.45) is 3.86. The average molecular weight is 238 g/mol. The van der Waals surface area contributed by atoms with Crippen LogP contribution in [0.4, 0.5) is 5.69 Å². The van der Waals surface area contributed by atoms with Gasteiger partial charge in [-0.1, -0.05) is 12.1 Å². The predicted octanol–water partition coefficient (Wildman–Crippen LogP) is 1.32. The van der Waals surface area contributed by atoms with Crippen molar-refractivity contribution >= 4 is 5.69 Å². The van der Waals surface area contributed by atoms with E-state index in [9.17, 15) is 9.59 Å². The number of nitrogen functional groups attached to an aromatic ring is 1. The maximum atomic E-state index is 11.4. The minimum atomic E-state index is -0.584. The molecule has 2 N–H and O–H groups in total. The van der Waals surface area contributed by atoms with Crippen molar-refractivity contribution < 1.29 is 0 Å². The van der Waals surface area contributed by atoms with E-state index in [1.807, 2.05) is 41.2 Å². The Kier molecular flexibility index (Phi) is 2.16. The summed E-state index contributed by atoms with van der Waals surface area (Å²) < 4.78 is 1.95. The summed E-state index contributed by atoms with van der Waals surface area (Å²) in [6.45, 7) is 0. The summed E-state index contributed by atoms with van der Waals surface area (Å²) >= 11 is 0. The van der Waals surface area contributed by atoms with Crippen LogP contribution in [0.25, 0.3) is 16.8 Å². The molecule has 0 bridgehead atoms. The Morgan fingerprint density at radius 3 is 2.06 bits per heavy atom. The van der Waals surface area contributed by atoms with Crippen LogP contribution in [-0.2, 0) is 0 Å². The number of anilines is 1. The summed E-state index contributed by atoms with van der Waals surface area (Å²) in [6, 6.07) is 11.2. The van der Waals surface area contributed by atoms with Crippen molar-refractivity contribution in [3.63, 3.8) is 0 Å². The van der Waals surface area contributed by atoms with Gasteiger partial charge in [-0.2, -0.15) is 0 Å². The average Bonchev–Trinajstić information content (AvgIpc) is 2.93. The maximum absolute atomic E-state index is 11.4. The van der Waals surface area contributed by atoms with E-state index in [1.54, 1.807) is 12.1 Å². The minimum absolute atomic E-state index is 0.0636. The molecule has 88 valence electrons. The molecule has 18 heavy (non-hydrogen) atoms. The molecule has 0 spiro atoms. The molecule has 1 aromatic heterocycles. The van der Waals surface area contributed by atoms with Gasteiger partial charge < -0.3 is 10.3 Å². The van der Waals surface area contributed by atoms with Gasteiger partial charge in [0, 0.05) is 18.1 Å². The van der Waals surface area contributed by atoms with Gasteiger partial charge in [-0.3, -0.25) is 9.59 Å². The second-order valence-electron chi connectivity index (χ2n) is 4.08. The molecule has 0 radical (unpaired) electrons. The molecule has 0 fully saturated rings. The first kappa shape index (κ1) is 10.5. The number of aromatic nitrogens is 1. The fourth-order valence-corrected chi connectivity index (χ4v) is 2.00. The lowest BCUT2D eigenvalue weighted by molar-refractivity contribution is 1.08. The van der Waals surface area contributed by atoms with Crippen LogP contribution in [0.1, 0.15) is 0 Å². The van der Waals surface area contributed by atoms with Crippen LogP contribution >= 0.6 is 0 Å². The van der Waals surface area contributed by atoms with Crippen molar-refractivity contribution in [2.24, 2.45) is 0 Å².